The first-order valence-electron chi connectivity index (χ1n) is 9.15. The molecule has 138 valence electrons. The summed E-state index contributed by atoms with van der Waals surface area (Å²) in [5, 5.41) is 0. The molecule has 25 heavy (non-hydrogen) atoms. The van der Waals surface area contributed by atoms with Crippen molar-refractivity contribution in [3.8, 4) is 0 Å². The fourth-order valence-corrected chi connectivity index (χ4v) is 5.27. The molecule has 5 heteroatoms. The lowest BCUT2D eigenvalue weighted by molar-refractivity contribution is -0.127. The maximum atomic E-state index is 12.7. The molecule has 0 aromatic heterocycles. The highest BCUT2D eigenvalue weighted by Crippen LogP contribution is 2.39. The number of benzene rings is 1. The Morgan fingerprint density at radius 2 is 1.92 bits per heavy atom. The Labute approximate surface area is 155 Å². The number of hydrogen-bond acceptors (Lipinski definition) is 4. The molecule has 0 bridgehead atoms. The molecule has 0 spiro atoms. The second-order valence-corrected chi connectivity index (χ2v) is 8.67. The number of carbonyl (C=O) groups is 1. The monoisotopic (exact) mass is 362 g/mol. The van der Waals surface area contributed by atoms with Gasteiger partial charge >= 0.3 is 0 Å². The van der Waals surface area contributed by atoms with E-state index in [0.717, 1.165) is 25.9 Å². The molecule has 1 heterocycles. The third-order valence-corrected chi connectivity index (χ3v) is 7.01. The molecule has 1 aromatic rings. The van der Waals surface area contributed by atoms with Gasteiger partial charge in [0.1, 0.15) is 0 Å². The largest absolute Gasteiger partial charge is 0.380 e. The molecule has 0 radical (unpaired) electrons. The van der Waals surface area contributed by atoms with Crippen LogP contribution in [-0.4, -0.2) is 67.9 Å². The number of hydrogen-bond donors (Lipinski definition) is 0. The van der Waals surface area contributed by atoms with Gasteiger partial charge in [0.2, 0.25) is 5.91 Å². The van der Waals surface area contributed by atoms with Crippen molar-refractivity contribution >= 4 is 17.7 Å². The van der Waals surface area contributed by atoms with Gasteiger partial charge in [0.25, 0.3) is 0 Å². The van der Waals surface area contributed by atoms with Gasteiger partial charge in [-0.15, -0.1) is 11.8 Å². The fourth-order valence-electron chi connectivity index (χ4n) is 4.34. The van der Waals surface area contributed by atoms with E-state index in [9.17, 15) is 4.79 Å². The first-order valence-corrected chi connectivity index (χ1v) is 10.1. The van der Waals surface area contributed by atoms with Crippen LogP contribution in [0.1, 0.15) is 18.4 Å². The first kappa shape index (κ1) is 18.7. The highest BCUT2D eigenvalue weighted by atomic mass is 32.2. The number of rotatable bonds is 5. The minimum Gasteiger partial charge on any atom is -0.380 e. The molecular formula is C20H30N2O2S. The summed E-state index contributed by atoms with van der Waals surface area (Å²) in [5.41, 5.74) is 1.24. The van der Waals surface area contributed by atoms with Gasteiger partial charge in [-0.1, -0.05) is 18.2 Å². The summed E-state index contributed by atoms with van der Waals surface area (Å²) < 4.78 is 5.74. The van der Waals surface area contributed by atoms with Crippen LogP contribution in [-0.2, 0) is 9.53 Å². The zero-order chi connectivity index (χ0) is 18.0. The van der Waals surface area contributed by atoms with Gasteiger partial charge < -0.3 is 14.5 Å². The van der Waals surface area contributed by atoms with Crippen LogP contribution in [0, 0.1) is 18.8 Å². The van der Waals surface area contributed by atoms with Crippen molar-refractivity contribution in [2.75, 3.05) is 40.0 Å². The van der Waals surface area contributed by atoms with E-state index in [4.69, 9.17) is 4.74 Å². The first-order chi connectivity index (χ1) is 12.0. The molecule has 0 N–H and O–H groups in total. The Morgan fingerprint density at radius 1 is 1.24 bits per heavy atom. The Balaban J connectivity index is 1.57. The average molecular weight is 363 g/mol. The lowest BCUT2D eigenvalue weighted by Gasteiger charge is -2.40. The molecule has 0 unspecified atom stereocenters. The molecule has 1 saturated carbocycles. The molecule has 1 amide bonds. The number of likely N-dealkylation sites (N-methyl/N-ethyl adjacent to an activating group) is 1. The van der Waals surface area contributed by atoms with Crippen molar-refractivity contribution in [1.82, 2.24) is 9.80 Å². The molecule has 1 aromatic carbocycles. The molecule has 4 atom stereocenters. The van der Waals surface area contributed by atoms with Crippen LogP contribution in [0.5, 0.6) is 0 Å². The molecule has 4 nitrogen and oxygen atoms in total. The van der Waals surface area contributed by atoms with Crippen LogP contribution in [0.2, 0.25) is 0 Å². The summed E-state index contributed by atoms with van der Waals surface area (Å²) in [6.07, 6.45) is 2.48. The maximum Gasteiger partial charge on any atom is 0.232 e. The lowest BCUT2D eigenvalue weighted by Crippen LogP contribution is -2.47. The standard InChI is InChI=1S/C20H30N2O2S/c1-14-7-5-6-8-19(14)25-13-20(23)22-11-15-9-17(21(2)3)18(24-4)10-16(15)12-22/h5-8,15-18H,9-13H2,1-4H3/t15-,16+,17-,18-/m1/s1. The third-order valence-electron chi connectivity index (χ3n) is 5.85. The highest BCUT2D eigenvalue weighted by Gasteiger charge is 2.44. The smallest absolute Gasteiger partial charge is 0.232 e. The summed E-state index contributed by atoms with van der Waals surface area (Å²) in [6.45, 7) is 3.92. The van der Waals surface area contributed by atoms with Gasteiger partial charge in [0.15, 0.2) is 0 Å². The van der Waals surface area contributed by atoms with E-state index in [-0.39, 0.29) is 12.0 Å². The van der Waals surface area contributed by atoms with Crippen molar-refractivity contribution in [3.63, 3.8) is 0 Å². The van der Waals surface area contributed by atoms with Crippen molar-refractivity contribution in [1.29, 1.82) is 0 Å². The summed E-state index contributed by atoms with van der Waals surface area (Å²) in [7, 11) is 6.08. The van der Waals surface area contributed by atoms with Crippen molar-refractivity contribution in [2.45, 2.75) is 36.8 Å². The maximum absolute atomic E-state index is 12.7. The topological polar surface area (TPSA) is 32.8 Å². The summed E-state index contributed by atoms with van der Waals surface area (Å²) >= 11 is 1.66. The molecule has 2 fully saturated rings. The zero-order valence-electron chi connectivity index (χ0n) is 15.8. The molecule has 1 aliphatic carbocycles. The van der Waals surface area contributed by atoms with Crippen molar-refractivity contribution < 1.29 is 9.53 Å². The van der Waals surface area contributed by atoms with Gasteiger partial charge in [0, 0.05) is 31.1 Å². The van der Waals surface area contributed by atoms with Crippen LogP contribution in [0.3, 0.4) is 0 Å². The molecule has 1 saturated heterocycles. The Morgan fingerprint density at radius 3 is 2.56 bits per heavy atom. The second kappa shape index (κ2) is 8.11. The van der Waals surface area contributed by atoms with Crippen LogP contribution in [0.15, 0.2) is 29.2 Å². The number of fused-ring (bicyclic) bond motifs is 1. The normalized spacial score (nSPS) is 29.1. The fraction of sp³-hybridized carbons (Fsp3) is 0.650. The molecule has 1 aliphatic heterocycles. The Hall–Kier alpha value is -1.04. The van der Waals surface area contributed by atoms with E-state index < -0.39 is 0 Å². The van der Waals surface area contributed by atoms with Gasteiger partial charge in [-0.3, -0.25) is 4.79 Å². The number of aryl methyl sites for hydroxylation is 1. The highest BCUT2D eigenvalue weighted by molar-refractivity contribution is 8.00. The minimum absolute atomic E-state index is 0.276. The molecule has 2 aliphatic rings. The number of methoxy groups -OCH3 is 1. The van der Waals surface area contributed by atoms with Gasteiger partial charge in [-0.25, -0.2) is 0 Å². The van der Waals surface area contributed by atoms with E-state index in [1.807, 2.05) is 19.2 Å². The van der Waals surface area contributed by atoms with E-state index >= 15 is 0 Å². The van der Waals surface area contributed by atoms with Crippen LogP contribution < -0.4 is 0 Å². The molecular weight excluding hydrogens is 332 g/mol. The summed E-state index contributed by atoms with van der Waals surface area (Å²) in [6, 6.07) is 8.74. The number of thioether (sulfide) groups is 1. The van der Waals surface area contributed by atoms with Crippen molar-refractivity contribution in [2.24, 2.45) is 11.8 Å². The number of carbonyl (C=O) groups excluding carboxylic acids is 1. The second-order valence-electron chi connectivity index (χ2n) is 7.65. The van der Waals surface area contributed by atoms with Gasteiger partial charge in [-0.2, -0.15) is 0 Å². The molecule has 3 rings (SSSR count). The van der Waals surface area contributed by atoms with Gasteiger partial charge in [0.05, 0.1) is 11.9 Å². The lowest BCUT2D eigenvalue weighted by atomic mass is 9.77. The van der Waals surface area contributed by atoms with E-state index in [2.05, 4.69) is 43.0 Å². The van der Waals surface area contributed by atoms with E-state index in [1.54, 1.807) is 11.8 Å². The number of ether oxygens (including phenoxy) is 1. The average Bonchev–Trinajstić information content (AvgIpc) is 3.02. The Kier molecular flexibility index (Phi) is 6.08. The number of nitrogens with zero attached hydrogens (tertiary/aromatic N) is 2. The predicted octanol–water partition coefficient (Wildman–Crippen LogP) is 2.90. The summed E-state index contributed by atoms with van der Waals surface area (Å²) in [5.74, 6) is 2.02. The van der Waals surface area contributed by atoms with Crippen molar-refractivity contribution in [3.05, 3.63) is 29.8 Å². The predicted molar refractivity (Wildman–Crippen MR) is 103 cm³/mol. The zero-order valence-corrected chi connectivity index (χ0v) is 16.6. The number of amides is 1. The van der Waals surface area contributed by atoms with Crippen LogP contribution in [0.25, 0.3) is 0 Å². The number of likely N-dealkylation sites (tertiary alicyclic amines) is 1. The van der Waals surface area contributed by atoms with Crippen LogP contribution >= 0.6 is 11.8 Å². The van der Waals surface area contributed by atoms with Crippen LogP contribution in [0.4, 0.5) is 0 Å². The minimum atomic E-state index is 0.276. The van der Waals surface area contributed by atoms with E-state index in [1.165, 1.54) is 10.5 Å². The SMILES string of the molecule is CO[C@@H]1C[C@H]2CN(C(=O)CSc3ccccc3C)C[C@H]2C[C@H]1N(C)C. The Bertz CT molecular complexity index is 607. The quantitative estimate of drug-likeness (QED) is 0.754. The van der Waals surface area contributed by atoms with Gasteiger partial charge in [-0.05, 0) is 57.3 Å². The summed E-state index contributed by atoms with van der Waals surface area (Å²) in [4.78, 5) is 18.3. The van der Waals surface area contributed by atoms with E-state index in [0.29, 0.717) is 23.6 Å². The third kappa shape index (κ3) is 4.21.